The molecule has 15 heteroatoms. The fraction of sp³-hybridized carbons (Fsp3) is 0.588. The summed E-state index contributed by atoms with van der Waals surface area (Å²) in [6.45, 7) is 12.6. The maximum Gasteiger partial charge on any atom is 0.317 e. The molecule has 49 heavy (non-hydrogen) atoms. The van der Waals surface area contributed by atoms with Gasteiger partial charge in [0.15, 0.2) is 5.78 Å². The molecule has 254 valence electrons. The average molecular weight is 703 g/mol. The number of nitrogens with two attached hydrogens (primary N) is 1. The van der Waals surface area contributed by atoms with E-state index in [0.29, 0.717) is 90.7 Å². The summed E-state index contributed by atoms with van der Waals surface area (Å²) in [7, 11) is 0. The van der Waals surface area contributed by atoms with E-state index in [0.717, 1.165) is 56.3 Å². The number of nitriles is 1. The molecule has 6 aliphatic rings. The number of rotatable bonds is 7. The van der Waals surface area contributed by atoms with Crippen LogP contribution >= 0.6 is 22.9 Å². The van der Waals surface area contributed by atoms with Crippen molar-refractivity contribution >= 4 is 51.0 Å². The van der Waals surface area contributed by atoms with Crippen LogP contribution in [0, 0.1) is 23.8 Å². The molecule has 4 aliphatic heterocycles. The SMILES string of the molecule is [C-]#[N+]c1c(N2CCCn3nc(C(=O)C4CC4)c(Cl)c3C2)nc(OC[C@@]23CCCN2C[C@H](F)C3)nc1N1CC2(CCc3sc(N)c(C#N)c32)C1. The van der Waals surface area contributed by atoms with E-state index in [1.165, 1.54) is 16.2 Å². The van der Waals surface area contributed by atoms with Crippen LogP contribution < -0.4 is 20.3 Å². The Kier molecular flexibility index (Phi) is 7.14. The predicted octanol–water partition coefficient (Wildman–Crippen LogP) is 5.06. The van der Waals surface area contributed by atoms with Crippen LogP contribution in [0.3, 0.4) is 0 Å². The molecule has 9 rings (SSSR count). The topological polar surface area (TPSA) is 134 Å². The number of nitrogen functional groups attached to an aromatic ring is 1. The molecule has 0 bridgehead atoms. The van der Waals surface area contributed by atoms with Crippen LogP contribution in [-0.4, -0.2) is 81.5 Å². The number of aryl methyl sites for hydroxylation is 2. The molecule has 2 aliphatic carbocycles. The molecule has 12 nitrogen and oxygen atoms in total. The van der Waals surface area contributed by atoms with Crippen molar-refractivity contribution < 1.29 is 13.9 Å². The van der Waals surface area contributed by atoms with Gasteiger partial charge in [0, 0.05) is 55.4 Å². The Hall–Kier alpha value is -3.98. The minimum absolute atomic E-state index is 0.00100. The highest BCUT2D eigenvalue weighted by molar-refractivity contribution is 7.16. The molecule has 0 amide bonds. The molecule has 3 aromatic rings. The second-order valence-corrected chi connectivity index (χ2v) is 16.1. The van der Waals surface area contributed by atoms with Crippen LogP contribution in [0.15, 0.2) is 0 Å². The molecule has 7 heterocycles. The standard InChI is InChI=1S/C34H36ClFN10O2S/c1-39-27-30(43-9-3-11-46-22(15-43)25(35)26(42-46)28(47)19-4-5-19)40-32(48-18-34-7-2-10-45(34)14-20(36)12-34)41-31(27)44-16-33(17-44)8-6-23-24(33)21(13-37)29(38)49-23/h19-20H,2-12,14-18,38H2/t20-,34+/m1/s1. The number of aromatic nitrogens is 4. The number of anilines is 3. The van der Waals surface area contributed by atoms with E-state index in [-0.39, 0.29) is 35.3 Å². The fourth-order valence-electron chi connectivity index (χ4n) is 9.00. The number of halogens is 2. The Bertz CT molecular complexity index is 1970. The lowest BCUT2D eigenvalue weighted by molar-refractivity contribution is 0.0962. The summed E-state index contributed by atoms with van der Waals surface area (Å²) >= 11 is 8.36. The molecule has 0 radical (unpaired) electrons. The molecule has 0 aromatic carbocycles. The number of ether oxygens (including phenoxy) is 1. The Morgan fingerprint density at radius 3 is 2.73 bits per heavy atom. The van der Waals surface area contributed by atoms with Gasteiger partial charge in [-0.1, -0.05) is 11.6 Å². The van der Waals surface area contributed by atoms with Gasteiger partial charge in [-0.2, -0.15) is 20.3 Å². The van der Waals surface area contributed by atoms with Gasteiger partial charge in [0.2, 0.25) is 0 Å². The van der Waals surface area contributed by atoms with Crippen LogP contribution in [0.1, 0.15) is 77.1 Å². The molecule has 0 unspecified atom stereocenters. The van der Waals surface area contributed by atoms with Gasteiger partial charge in [-0.25, -0.2) is 9.24 Å². The van der Waals surface area contributed by atoms with E-state index in [9.17, 15) is 14.4 Å². The molecule has 3 aromatic heterocycles. The summed E-state index contributed by atoms with van der Waals surface area (Å²) in [6, 6.07) is 2.49. The zero-order valence-electron chi connectivity index (χ0n) is 27.1. The third-order valence-electron chi connectivity index (χ3n) is 11.6. The largest absolute Gasteiger partial charge is 0.461 e. The first-order valence-electron chi connectivity index (χ1n) is 17.1. The van der Waals surface area contributed by atoms with Gasteiger partial charge in [0.25, 0.3) is 5.69 Å². The summed E-state index contributed by atoms with van der Waals surface area (Å²) in [5.41, 5.74) is 8.63. The number of carbonyl (C=O) groups excluding carboxylic acids is 1. The molecule has 2 atom stereocenters. The van der Waals surface area contributed by atoms with Crippen LogP contribution in [0.25, 0.3) is 4.85 Å². The zero-order chi connectivity index (χ0) is 33.7. The Morgan fingerprint density at radius 1 is 1.18 bits per heavy atom. The molecule has 3 saturated heterocycles. The smallest absolute Gasteiger partial charge is 0.317 e. The second-order valence-electron chi connectivity index (χ2n) is 14.6. The van der Waals surface area contributed by atoms with E-state index in [1.807, 2.05) is 9.58 Å². The van der Waals surface area contributed by atoms with Gasteiger partial charge < -0.3 is 20.3 Å². The average Bonchev–Trinajstić information content (AvgIpc) is 3.45. The van der Waals surface area contributed by atoms with Crippen molar-refractivity contribution in [2.45, 2.75) is 81.6 Å². The van der Waals surface area contributed by atoms with Crippen molar-refractivity contribution in [3.05, 3.63) is 43.8 Å². The number of fused-ring (bicyclic) bond motifs is 4. The van der Waals surface area contributed by atoms with Crippen LogP contribution in [-0.2, 0) is 24.9 Å². The Labute approximate surface area is 292 Å². The summed E-state index contributed by atoms with van der Waals surface area (Å²) in [5, 5.41) is 15.5. The van der Waals surface area contributed by atoms with Gasteiger partial charge in [-0.3, -0.25) is 14.4 Å². The molecule has 1 saturated carbocycles. The Morgan fingerprint density at radius 2 is 1.98 bits per heavy atom. The number of ketones is 1. The number of hydrogen-bond donors (Lipinski definition) is 1. The lowest BCUT2D eigenvalue weighted by atomic mass is 9.74. The lowest BCUT2D eigenvalue weighted by Crippen LogP contribution is -2.59. The van der Waals surface area contributed by atoms with E-state index >= 15 is 0 Å². The van der Waals surface area contributed by atoms with E-state index in [2.05, 4.69) is 25.8 Å². The molecule has 2 N–H and O–H groups in total. The van der Waals surface area contributed by atoms with Crippen molar-refractivity contribution in [1.29, 1.82) is 5.26 Å². The summed E-state index contributed by atoms with van der Waals surface area (Å²) in [4.78, 5) is 34.2. The predicted molar refractivity (Wildman–Crippen MR) is 182 cm³/mol. The minimum Gasteiger partial charge on any atom is -0.461 e. The number of hydrogen-bond acceptors (Lipinski definition) is 11. The zero-order valence-corrected chi connectivity index (χ0v) is 28.6. The fourth-order valence-corrected chi connectivity index (χ4v) is 10.4. The minimum atomic E-state index is -0.887. The van der Waals surface area contributed by atoms with Gasteiger partial charge in [0.1, 0.15) is 41.2 Å². The normalized spacial score (nSPS) is 25.3. The number of thiophene rings is 1. The molecule has 1 spiro atoms. The van der Waals surface area contributed by atoms with E-state index < -0.39 is 6.17 Å². The van der Waals surface area contributed by atoms with Crippen molar-refractivity contribution in [3.8, 4) is 12.1 Å². The first-order valence-corrected chi connectivity index (χ1v) is 18.3. The third kappa shape index (κ3) is 4.82. The number of Topliss-reactive ketones (excluding diaryl/α,β-unsaturated/α-hetero) is 1. The van der Waals surface area contributed by atoms with Crippen LogP contribution in [0.2, 0.25) is 5.02 Å². The highest BCUT2D eigenvalue weighted by Crippen LogP contribution is 2.54. The van der Waals surface area contributed by atoms with Crippen LogP contribution in [0.4, 0.5) is 26.7 Å². The molecular formula is C34H36ClFN10O2S. The first-order chi connectivity index (χ1) is 23.7. The number of alkyl halides is 1. The molecular weight excluding hydrogens is 667 g/mol. The van der Waals surface area contributed by atoms with Gasteiger partial charge >= 0.3 is 6.01 Å². The Balaban J connectivity index is 1.08. The van der Waals surface area contributed by atoms with Crippen molar-refractivity contribution in [3.63, 3.8) is 0 Å². The van der Waals surface area contributed by atoms with Gasteiger partial charge in [-0.05, 0) is 57.1 Å². The maximum absolute atomic E-state index is 14.6. The van der Waals surface area contributed by atoms with Crippen LogP contribution in [0.5, 0.6) is 6.01 Å². The van der Waals surface area contributed by atoms with E-state index in [4.69, 9.17) is 38.6 Å². The summed E-state index contributed by atoms with van der Waals surface area (Å²) < 4.78 is 22.8. The molecule has 4 fully saturated rings. The van der Waals surface area contributed by atoms with Crippen molar-refractivity contribution in [2.75, 3.05) is 54.9 Å². The number of carbonyl (C=O) groups is 1. The highest BCUT2D eigenvalue weighted by atomic mass is 35.5. The lowest BCUT2D eigenvalue weighted by Gasteiger charge is -2.50. The van der Waals surface area contributed by atoms with E-state index in [1.54, 1.807) is 0 Å². The summed E-state index contributed by atoms with van der Waals surface area (Å²) in [5.74, 6) is 0.922. The highest BCUT2D eigenvalue weighted by Gasteiger charge is 2.53. The van der Waals surface area contributed by atoms with Gasteiger partial charge in [-0.15, -0.1) is 11.3 Å². The number of nitrogens with zero attached hydrogens (tertiary/aromatic N) is 9. The maximum atomic E-state index is 14.6. The van der Waals surface area contributed by atoms with Crippen molar-refractivity contribution in [1.82, 2.24) is 24.6 Å². The quantitative estimate of drug-likeness (QED) is 0.263. The van der Waals surface area contributed by atoms with Crippen molar-refractivity contribution in [2.24, 2.45) is 5.92 Å². The first kappa shape index (κ1) is 31.0. The second kappa shape index (κ2) is 11.3. The third-order valence-corrected chi connectivity index (χ3v) is 13.0. The monoisotopic (exact) mass is 702 g/mol. The summed E-state index contributed by atoms with van der Waals surface area (Å²) in [6.07, 6.45) is 5.61. The van der Waals surface area contributed by atoms with Gasteiger partial charge in [0.05, 0.1) is 34.9 Å².